The van der Waals surface area contributed by atoms with Gasteiger partial charge in [-0.25, -0.2) is 4.79 Å². The van der Waals surface area contributed by atoms with Gasteiger partial charge in [-0.05, 0) is 43.4 Å². The second-order valence-corrected chi connectivity index (χ2v) is 9.14. The summed E-state index contributed by atoms with van der Waals surface area (Å²) in [5.41, 5.74) is 1.94. The quantitative estimate of drug-likeness (QED) is 0.640. The lowest BCUT2D eigenvalue weighted by Crippen LogP contribution is -2.46. The molecule has 7 heteroatoms. The zero-order valence-electron chi connectivity index (χ0n) is 17.0. The van der Waals surface area contributed by atoms with Crippen molar-refractivity contribution in [1.82, 2.24) is 0 Å². The number of thioether (sulfide) groups is 1. The SMILES string of the molecule is COC(=O)C(C)N(C(=O)CSC(=O)CC(C)(C)C)c1c(C)ccc(Cl)c1C. The molecule has 0 bridgehead atoms. The van der Waals surface area contributed by atoms with Crippen molar-refractivity contribution in [3.63, 3.8) is 0 Å². The predicted octanol–water partition coefficient (Wildman–Crippen LogP) is 4.55. The maximum absolute atomic E-state index is 13.0. The number of hydrogen-bond donors (Lipinski definition) is 0. The number of hydrogen-bond acceptors (Lipinski definition) is 5. The van der Waals surface area contributed by atoms with Crippen LogP contribution < -0.4 is 4.90 Å². The molecular weight excluding hydrogens is 386 g/mol. The van der Waals surface area contributed by atoms with Gasteiger partial charge in [-0.2, -0.15) is 0 Å². The van der Waals surface area contributed by atoms with Gasteiger partial charge in [0, 0.05) is 11.4 Å². The van der Waals surface area contributed by atoms with E-state index < -0.39 is 12.0 Å². The highest BCUT2D eigenvalue weighted by atomic mass is 35.5. The van der Waals surface area contributed by atoms with Gasteiger partial charge in [0.2, 0.25) is 5.91 Å². The Bertz CT molecular complexity index is 727. The smallest absolute Gasteiger partial charge is 0.328 e. The van der Waals surface area contributed by atoms with Gasteiger partial charge in [0.15, 0.2) is 5.12 Å². The monoisotopic (exact) mass is 413 g/mol. The molecule has 0 N–H and O–H groups in total. The van der Waals surface area contributed by atoms with Gasteiger partial charge < -0.3 is 4.74 Å². The van der Waals surface area contributed by atoms with E-state index in [0.29, 0.717) is 22.7 Å². The number of anilines is 1. The third kappa shape index (κ3) is 6.54. The van der Waals surface area contributed by atoms with Crippen molar-refractivity contribution in [1.29, 1.82) is 0 Å². The van der Waals surface area contributed by atoms with Crippen molar-refractivity contribution in [3.8, 4) is 0 Å². The van der Waals surface area contributed by atoms with E-state index in [1.54, 1.807) is 26.0 Å². The molecule has 0 heterocycles. The summed E-state index contributed by atoms with van der Waals surface area (Å²) in [5, 5.41) is 0.447. The van der Waals surface area contributed by atoms with Gasteiger partial charge in [0.05, 0.1) is 18.6 Å². The Balaban J connectivity index is 3.17. The first-order valence-electron chi connectivity index (χ1n) is 8.70. The van der Waals surface area contributed by atoms with Crippen LogP contribution in [0.1, 0.15) is 45.2 Å². The first-order chi connectivity index (χ1) is 12.4. The van der Waals surface area contributed by atoms with Gasteiger partial charge in [-0.15, -0.1) is 0 Å². The number of aryl methyl sites for hydroxylation is 1. The standard InChI is InChI=1S/C20H28ClNO4S/c1-12-8-9-15(21)13(2)18(12)22(14(3)19(25)26-7)16(23)11-27-17(24)10-20(4,5)6/h8-9,14H,10-11H2,1-7H3. The number of halogens is 1. The van der Waals surface area contributed by atoms with E-state index in [1.807, 2.05) is 27.7 Å². The minimum Gasteiger partial charge on any atom is -0.467 e. The highest BCUT2D eigenvalue weighted by Crippen LogP contribution is 2.33. The molecule has 1 amide bonds. The molecule has 0 aromatic heterocycles. The number of benzene rings is 1. The van der Waals surface area contributed by atoms with Crippen LogP contribution >= 0.6 is 23.4 Å². The van der Waals surface area contributed by atoms with Crippen LogP contribution in [0.25, 0.3) is 0 Å². The number of nitrogens with zero attached hydrogens (tertiary/aromatic N) is 1. The molecule has 1 atom stereocenters. The van der Waals surface area contributed by atoms with E-state index in [9.17, 15) is 14.4 Å². The van der Waals surface area contributed by atoms with E-state index in [4.69, 9.17) is 16.3 Å². The molecule has 0 saturated carbocycles. The fourth-order valence-corrected chi connectivity index (χ4v) is 3.80. The van der Waals surface area contributed by atoms with Gasteiger partial charge in [-0.3, -0.25) is 14.5 Å². The summed E-state index contributed by atoms with van der Waals surface area (Å²) in [5.74, 6) is -0.927. The summed E-state index contributed by atoms with van der Waals surface area (Å²) in [7, 11) is 1.28. The first kappa shape index (κ1) is 23.5. The summed E-state index contributed by atoms with van der Waals surface area (Å²) in [6.45, 7) is 11.2. The molecule has 0 aliphatic heterocycles. The topological polar surface area (TPSA) is 63.7 Å². The molecule has 1 unspecified atom stereocenters. The summed E-state index contributed by atoms with van der Waals surface area (Å²) in [6, 6.07) is 2.71. The Kier molecular flexibility index (Phi) is 8.36. The molecule has 1 aromatic rings. The molecule has 0 saturated heterocycles. The molecule has 27 heavy (non-hydrogen) atoms. The summed E-state index contributed by atoms with van der Waals surface area (Å²) < 4.78 is 4.83. The van der Waals surface area contributed by atoms with Gasteiger partial charge in [-0.1, -0.05) is 50.2 Å². The van der Waals surface area contributed by atoms with Crippen LogP contribution in [-0.2, 0) is 19.1 Å². The summed E-state index contributed by atoms with van der Waals surface area (Å²) in [6.07, 6.45) is 0.368. The molecule has 1 rings (SSSR count). The molecule has 0 spiro atoms. The Morgan fingerprint density at radius 3 is 2.33 bits per heavy atom. The van der Waals surface area contributed by atoms with E-state index >= 15 is 0 Å². The predicted molar refractivity (Wildman–Crippen MR) is 111 cm³/mol. The lowest BCUT2D eigenvalue weighted by atomic mass is 9.93. The van der Waals surface area contributed by atoms with Gasteiger partial charge in [0.25, 0.3) is 0 Å². The number of carbonyl (C=O) groups excluding carboxylic acids is 3. The fraction of sp³-hybridized carbons (Fsp3) is 0.550. The van der Waals surface area contributed by atoms with Crippen molar-refractivity contribution >= 4 is 46.0 Å². The molecule has 0 aliphatic carbocycles. The fourth-order valence-electron chi connectivity index (χ4n) is 2.69. The van der Waals surface area contributed by atoms with Crippen LogP contribution in [0, 0.1) is 19.3 Å². The minimum absolute atomic E-state index is 0.0539. The number of amides is 1. The van der Waals surface area contributed by atoms with Crippen molar-refractivity contribution < 1.29 is 19.1 Å². The summed E-state index contributed by atoms with van der Waals surface area (Å²) in [4.78, 5) is 38.7. The minimum atomic E-state index is -0.836. The van der Waals surface area contributed by atoms with Crippen LogP contribution in [0.5, 0.6) is 0 Å². The first-order valence-corrected chi connectivity index (χ1v) is 10.1. The zero-order chi connectivity index (χ0) is 20.9. The van der Waals surface area contributed by atoms with E-state index in [1.165, 1.54) is 12.0 Å². The Hall–Kier alpha value is -1.53. The molecule has 5 nitrogen and oxygen atoms in total. The molecule has 1 aromatic carbocycles. The second-order valence-electron chi connectivity index (χ2n) is 7.70. The third-order valence-electron chi connectivity index (χ3n) is 4.04. The number of methoxy groups -OCH3 is 1. The highest BCUT2D eigenvalue weighted by molar-refractivity contribution is 8.14. The molecule has 150 valence electrons. The largest absolute Gasteiger partial charge is 0.467 e. The van der Waals surface area contributed by atoms with Crippen LogP contribution in [0.4, 0.5) is 5.69 Å². The average Bonchev–Trinajstić information content (AvgIpc) is 2.57. The second kappa shape index (κ2) is 9.60. The van der Waals surface area contributed by atoms with Crippen LogP contribution in [-0.4, -0.2) is 35.9 Å². The molecule has 0 aliphatic rings. The normalized spacial score (nSPS) is 12.4. The van der Waals surface area contributed by atoms with Crippen LogP contribution in [0.15, 0.2) is 12.1 Å². The number of ether oxygens (including phenoxy) is 1. The maximum atomic E-state index is 13.0. The molecule has 0 fully saturated rings. The van der Waals surface area contributed by atoms with E-state index in [-0.39, 0.29) is 22.2 Å². The zero-order valence-corrected chi connectivity index (χ0v) is 18.6. The lowest BCUT2D eigenvalue weighted by molar-refractivity contribution is -0.142. The van der Waals surface area contributed by atoms with Gasteiger partial charge in [0.1, 0.15) is 6.04 Å². The van der Waals surface area contributed by atoms with Crippen molar-refractivity contribution in [2.24, 2.45) is 5.41 Å². The maximum Gasteiger partial charge on any atom is 0.328 e. The Morgan fingerprint density at radius 2 is 1.81 bits per heavy atom. The van der Waals surface area contributed by atoms with Crippen LogP contribution in [0.3, 0.4) is 0 Å². The van der Waals surface area contributed by atoms with Gasteiger partial charge >= 0.3 is 5.97 Å². The highest BCUT2D eigenvalue weighted by Gasteiger charge is 2.31. The summed E-state index contributed by atoms with van der Waals surface area (Å²) >= 11 is 7.21. The average molecular weight is 414 g/mol. The Labute approximate surface area is 170 Å². The number of carbonyl (C=O) groups is 3. The lowest BCUT2D eigenvalue weighted by Gasteiger charge is -2.30. The number of esters is 1. The Morgan fingerprint density at radius 1 is 1.22 bits per heavy atom. The molecular formula is C20H28ClNO4S. The van der Waals surface area contributed by atoms with Crippen LogP contribution in [0.2, 0.25) is 5.02 Å². The third-order valence-corrected chi connectivity index (χ3v) is 5.30. The van der Waals surface area contributed by atoms with Crippen molar-refractivity contribution in [2.75, 3.05) is 17.8 Å². The van der Waals surface area contributed by atoms with E-state index in [2.05, 4.69) is 0 Å². The van der Waals surface area contributed by atoms with Crippen molar-refractivity contribution in [3.05, 3.63) is 28.3 Å². The number of rotatable bonds is 6. The van der Waals surface area contributed by atoms with Crippen molar-refractivity contribution in [2.45, 2.75) is 54.0 Å². The molecule has 0 radical (unpaired) electrons. The van der Waals surface area contributed by atoms with E-state index in [0.717, 1.165) is 17.3 Å².